The predicted octanol–water partition coefficient (Wildman–Crippen LogP) is 6.70. The van der Waals surface area contributed by atoms with Crippen molar-refractivity contribution < 1.29 is 14.3 Å². The highest BCUT2D eigenvalue weighted by Gasteiger charge is 2.20. The highest BCUT2D eigenvalue weighted by atomic mass is 35.5. The van der Waals surface area contributed by atoms with Crippen molar-refractivity contribution in [2.24, 2.45) is 0 Å². The first-order valence-corrected chi connectivity index (χ1v) is 12.8. The van der Waals surface area contributed by atoms with Gasteiger partial charge in [0.1, 0.15) is 6.61 Å². The standard InChI is InChI=1S/C28H24Cl2N6O3.2ClH/c1-17-15-36-12-4-7-24(27(36)33-17)39-16-20-21(29)8-9-23(26(20)30)35(2)25(37)14-32-28(38)34-22-6-3-5-18-13-31-11-10-19(18)22;;/h3-13,15H,14,16H2,1-2H3,(H2,32,34,38);2*1H. The minimum Gasteiger partial charge on any atom is -0.485 e. The molecule has 0 aliphatic rings. The molecule has 3 amide bonds. The number of amides is 3. The fourth-order valence-corrected chi connectivity index (χ4v) is 4.76. The number of benzene rings is 2. The number of fused-ring (bicyclic) bond motifs is 2. The van der Waals surface area contributed by atoms with Gasteiger partial charge in [-0.1, -0.05) is 35.3 Å². The summed E-state index contributed by atoms with van der Waals surface area (Å²) in [5.41, 5.74) is 3.11. The molecule has 0 bridgehead atoms. The molecule has 13 heteroatoms. The SMILES string of the molecule is Cc1cn2cccc(OCc3c(Cl)ccc(N(C)C(=O)CNC(=O)Nc4cccc5cnccc45)c3Cl)c2n1.Cl.Cl. The second-order valence-electron chi connectivity index (χ2n) is 8.80. The third-order valence-corrected chi connectivity index (χ3v) is 6.95. The van der Waals surface area contributed by atoms with Gasteiger partial charge in [-0.15, -0.1) is 24.8 Å². The van der Waals surface area contributed by atoms with E-state index in [9.17, 15) is 9.59 Å². The topological polar surface area (TPSA) is 101 Å². The first kappa shape index (κ1) is 31.8. The predicted molar refractivity (Wildman–Crippen MR) is 167 cm³/mol. The van der Waals surface area contributed by atoms with Gasteiger partial charge in [0.15, 0.2) is 11.4 Å². The summed E-state index contributed by atoms with van der Waals surface area (Å²) >= 11 is 13.1. The number of halogens is 4. The summed E-state index contributed by atoms with van der Waals surface area (Å²) in [4.78, 5) is 35.4. The van der Waals surface area contributed by atoms with Gasteiger partial charge in [-0.25, -0.2) is 9.78 Å². The molecule has 41 heavy (non-hydrogen) atoms. The molecule has 0 saturated carbocycles. The van der Waals surface area contributed by atoms with E-state index in [2.05, 4.69) is 20.6 Å². The molecule has 0 spiro atoms. The molecule has 5 aromatic rings. The first-order chi connectivity index (χ1) is 18.8. The number of carbonyl (C=O) groups excluding carboxylic acids is 2. The van der Waals surface area contributed by atoms with Gasteiger partial charge in [-0.05, 0) is 43.3 Å². The minimum absolute atomic E-state index is 0. The molecule has 3 heterocycles. The van der Waals surface area contributed by atoms with E-state index in [1.54, 1.807) is 37.6 Å². The molecule has 214 valence electrons. The van der Waals surface area contributed by atoms with Crippen LogP contribution in [0.25, 0.3) is 16.4 Å². The number of anilines is 2. The number of ether oxygens (including phenoxy) is 1. The van der Waals surface area contributed by atoms with Gasteiger partial charge < -0.3 is 24.7 Å². The van der Waals surface area contributed by atoms with Crippen molar-refractivity contribution in [3.8, 4) is 5.75 Å². The van der Waals surface area contributed by atoms with Crippen LogP contribution in [0.4, 0.5) is 16.2 Å². The molecule has 2 aromatic carbocycles. The number of pyridine rings is 2. The Balaban J connectivity index is 0.00000231. The van der Waals surface area contributed by atoms with Crippen LogP contribution < -0.4 is 20.3 Å². The van der Waals surface area contributed by atoms with Gasteiger partial charge >= 0.3 is 6.03 Å². The lowest BCUT2D eigenvalue weighted by Crippen LogP contribution is -2.40. The number of aromatic nitrogens is 3. The zero-order valence-corrected chi connectivity index (χ0v) is 25.1. The lowest BCUT2D eigenvalue weighted by atomic mass is 10.1. The molecule has 3 aromatic heterocycles. The molecule has 0 saturated heterocycles. The molecule has 0 unspecified atom stereocenters. The Morgan fingerprint density at radius 3 is 2.68 bits per heavy atom. The maximum atomic E-state index is 12.9. The molecular weight excluding hydrogens is 610 g/mol. The monoisotopic (exact) mass is 634 g/mol. The van der Waals surface area contributed by atoms with E-state index in [4.69, 9.17) is 27.9 Å². The Bertz CT molecular complexity index is 1710. The minimum atomic E-state index is -0.513. The van der Waals surface area contributed by atoms with Crippen molar-refractivity contribution in [2.45, 2.75) is 13.5 Å². The number of rotatable bonds is 7. The van der Waals surface area contributed by atoms with E-state index >= 15 is 0 Å². The average Bonchev–Trinajstić information content (AvgIpc) is 3.32. The second kappa shape index (κ2) is 13.7. The van der Waals surface area contributed by atoms with Crippen LogP contribution in [0, 0.1) is 6.92 Å². The Morgan fingerprint density at radius 1 is 1.07 bits per heavy atom. The fraction of sp³-hybridized carbons (Fsp3) is 0.143. The molecule has 0 radical (unpaired) electrons. The van der Waals surface area contributed by atoms with E-state index in [-0.39, 0.29) is 48.9 Å². The van der Waals surface area contributed by atoms with Crippen LogP contribution in [0.5, 0.6) is 5.75 Å². The number of urea groups is 1. The molecular formula is C28H26Cl4N6O3. The summed E-state index contributed by atoms with van der Waals surface area (Å²) in [6.07, 6.45) is 7.15. The second-order valence-corrected chi connectivity index (χ2v) is 9.58. The van der Waals surface area contributed by atoms with E-state index in [0.717, 1.165) is 16.5 Å². The van der Waals surface area contributed by atoms with Crippen LogP contribution in [0.2, 0.25) is 10.0 Å². The number of nitrogens with zero attached hydrogens (tertiary/aromatic N) is 4. The zero-order valence-electron chi connectivity index (χ0n) is 21.9. The Kier molecular flexibility index (Phi) is 10.6. The van der Waals surface area contributed by atoms with Crippen molar-refractivity contribution in [3.05, 3.63) is 94.6 Å². The van der Waals surface area contributed by atoms with Gasteiger partial charge in [-0.3, -0.25) is 9.78 Å². The molecule has 0 aliphatic heterocycles. The number of hydrogen-bond donors (Lipinski definition) is 2. The summed E-state index contributed by atoms with van der Waals surface area (Å²) in [6, 6.07) is 13.8. The quantitative estimate of drug-likeness (QED) is 0.207. The molecule has 0 atom stereocenters. The number of nitrogens with one attached hydrogen (secondary N) is 2. The Labute approximate surface area is 258 Å². The van der Waals surface area contributed by atoms with Gasteiger partial charge in [-0.2, -0.15) is 0 Å². The highest BCUT2D eigenvalue weighted by molar-refractivity contribution is 6.38. The number of aryl methyl sites for hydroxylation is 1. The summed E-state index contributed by atoms with van der Waals surface area (Å²) in [6.45, 7) is 1.72. The van der Waals surface area contributed by atoms with Crippen molar-refractivity contribution in [1.29, 1.82) is 0 Å². The van der Waals surface area contributed by atoms with Crippen molar-refractivity contribution >= 4 is 87.7 Å². The smallest absolute Gasteiger partial charge is 0.319 e. The number of hydrogen-bond acceptors (Lipinski definition) is 5. The van der Waals surface area contributed by atoms with Crippen LogP contribution in [0.1, 0.15) is 11.3 Å². The summed E-state index contributed by atoms with van der Waals surface area (Å²) in [5.74, 6) is 0.200. The molecule has 0 fully saturated rings. The van der Waals surface area contributed by atoms with E-state index in [1.165, 1.54) is 4.90 Å². The lowest BCUT2D eigenvalue weighted by molar-refractivity contribution is -0.117. The first-order valence-electron chi connectivity index (χ1n) is 12.0. The molecule has 5 rings (SSSR count). The van der Waals surface area contributed by atoms with Crippen LogP contribution >= 0.6 is 48.0 Å². The number of carbonyl (C=O) groups is 2. The maximum Gasteiger partial charge on any atom is 0.319 e. The van der Waals surface area contributed by atoms with E-state index in [1.807, 2.05) is 54.0 Å². The van der Waals surface area contributed by atoms with E-state index < -0.39 is 6.03 Å². The highest BCUT2D eigenvalue weighted by Crippen LogP contribution is 2.35. The Hall–Kier alpha value is -3.76. The normalized spacial score (nSPS) is 10.4. The van der Waals surface area contributed by atoms with Crippen LogP contribution in [-0.4, -0.2) is 39.9 Å². The van der Waals surface area contributed by atoms with Gasteiger partial charge in [0, 0.05) is 53.2 Å². The summed E-state index contributed by atoms with van der Waals surface area (Å²) < 4.78 is 7.89. The number of likely N-dealkylation sites (N-methyl/N-ethyl adjacent to an activating group) is 1. The van der Waals surface area contributed by atoms with Crippen LogP contribution in [0.15, 0.2) is 73.3 Å². The summed E-state index contributed by atoms with van der Waals surface area (Å²) in [5, 5.41) is 7.78. The largest absolute Gasteiger partial charge is 0.485 e. The van der Waals surface area contributed by atoms with Crippen molar-refractivity contribution in [1.82, 2.24) is 19.7 Å². The van der Waals surface area contributed by atoms with Crippen LogP contribution in [0.3, 0.4) is 0 Å². The van der Waals surface area contributed by atoms with Gasteiger partial charge in [0.25, 0.3) is 0 Å². The average molecular weight is 636 g/mol. The third-order valence-electron chi connectivity index (χ3n) is 6.17. The van der Waals surface area contributed by atoms with Crippen LogP contribution in [-0.2, 0) is 11.4 Å². The maximum absolute atomic E-state index is 12.9. The molecule has 9 nitrogen and oxygen atoms in total. The molecule has 2 N–H and O–H groups in total. The van der Waals surface area contributed by atoms with Crippen molar-refractivity contribution in [3.63, 3.8) is 0 Å². The zero-order chi connectivity index (χ0) is 27.5. The fourth-order valence-electron chi connectivity index (χ4n) is 4.16. The van der Waals surface area contributed by atoms with E-state index in [0.29, 0.717) is 33.4 Å². The van der Waals surface area contributed by atoms with Gasteiger partial charge in [0.2, 0.25) is 5.91 Å². The molecule has 0 aliphatic carbocycles. The number of imidazole rings is 1. The Morgan fingerprint density at radius 2 is 1.88 bits per heavy atom. The lowest BCUT2D eigenvalue weighted by Gasteiger charge is -2.21. The third kappa shape index (κ3) is 6.94. The summed E-state index contributed by atoms with van der Waals surface area (Å²) in [7, 11) is 1.58. The van der Waals surface area contributed by atoms with Crippen molar-refractivity contribution in [2.75, 3.05) is 23.8 Å². The van der Waals surface area contributed by atoms with Gasteiger partial charge in [0.05, 0.1) is 28.6 Å².